The van der Waals surface area contributed by atoms with Gasteiger partial charge in [0.2, 0.25) is 0 Å². The van der Waals surface area contributed by atoms with Gasteiger partial charge in [0.05, 0.1) is 16.6 Å². The highest BCUT2D eigenvalue weighted by Gasteiger charge is 2.15. The highest BCUT2D eigenvalue weighted by atomic mass is 19.1. The smallest absolute Gasteiger partial charge is 0.123 e. The van der Waals surface area contributed by atoms with Crippen molar-refractivity contribution >= 4 is 32.8 Å². The van der Waals surface area contributed by atoms with Crippen LogP contribution in [0.5, 0.6) is 0 Å². The van der Waals surface area contributed by atoms with Crippen LogP contribution in [0, 0.1) is 5.82 Å². The van der Waals surface area contributed by atoms with Crippen LogP contribution < -0.4 is 0 Å². The SMILES string of the molecule is Fc1ccc(Cn2c3ccccc3c3[nH]c4ccccc4c32)cc1. The molecule has 0 radical (unpaired) electrons. The van der Waals surface area contributed by atoms with E-state index in [1.165, 1.54) is 33.9 Å². The van der Waals surface area contributed by atoms with Crippen molar-refractivity contribution in [2.45, 2.75) is 6.54 Å². The molecule has 0 aliphatic carbocycles. The molecule has 0 aliphatic rings. The maximum absolute atomic E-state index is 13.2. The van der Waals surface area contributed by atoms with Crippen molar-refractivity contribution in [3.8, 4) is 0 Å². The van der Waals surface area contributed by atoms with Crippen molar-refractivity contribution in [3.63, 3.8) is 0 Å². The number of halogens is 1. The summed E-state index contributed by atoms with van der Waals surface area (Å²) in [6, 6.07) is 23.5. The largest absolute Gasteiger partial charge is 0.353 e. The number of fused-ring (bicyclic) bond motifs is 5. The molecule has 5 rings (SSSR count). The highest BCUT2D eigenvalue weighted by molar-refractivity contribution is 6.17. The molecule has 5 aromatic rings. The Labute approximate surface area is 138 Å². The predicted octanol–water partition coefficient (Wildman–Crippen LogP) is 5.46. The minimum absolute atomic E-state index is 0.201. The molecule has 24 heavy (non-hydrogen) atoms. The first kappa shape index (κ1) is 13.4. The van der Waals surface area contributed by atoms with Crippen molar-refractivity contribution in [3.05, 3.63) is 84.2 Å². The van der Waals surface area contributed by atoms with E-state index in [4.69, 9.17) is 0 Å². The lowest BCUT2D eigenvalue weighted by molar-refractivity contribution is 0.626. The van der Waals surface area contributed by atoms with E-state index >= 15 is 0 Å². The molecule has 2 aromatic heterocycles. The molecule has 116 valence electrons. The minimum atomic E-state index is -0.201. The van der Waals surface area contributed by atoms with Gasteiger partial charge in [-0.3, -0.25) is 0 Å². The van der Waals surface area contributed by atoms with Gasteiger partial charge in [0.25, 0.3) is 0 Å². The molecule has 3 aromatic carbocycles. The van der Waals surface area contributed by atoms with Crippen molar-refractivity contribution in [1.29, 1.82) is 0 Å². The van der Waals surface area contributed by atoms with Crippen LogP contribution >= 0.6 is 0 Å². The average Bonchev–Trinajstić information content (AvgIpc) is 3.13. The van der Waals surface area contributed by atoms with E-state index in [0.29, 0.717) is 6.54 Å². The quantitative estimate of drug-likeness (QED) is 0.446. The van der Waals surface area contributed by atoms with Crippen LogP contribution in [0.4, 0.5) is 4.39 Å². The summed E-state index contributed by atoms with van der Waals surface area (Å²) in [6.45, 7) is 0.714. The third kappa shape index (κ3) is 1.88. The normalized spacial score (nSPS) is 11.7. The summed E-state index contributed by atoms with van der Waals surface area (Å²) < 4.78 is 15.5. The molecule has 0 amide bonds. The van der Waals surface area contributed by atoms with Gasteiger partial charge in [-0.05, 0) is 29.8 Å². The number of rotatable bonds is 2. The van der Waals surface area contributed by atoms with Gasteiger partial charge in [0.1, 0.15) is 5.82 Å². The van der Waals surface area contributed by atoms with Gasteiger partial charge in [0.15, 0.2) is 0 Å². The molecule has 0 atom stereocenters. The number of aromatic nitrogens is 2. The molecule has 0 unspecified atom stereocenters. The first-order valence-corrected chi connectivity index (χ1v) is 8.03. The standard InChI is InChI=1S/C21H15FN2/c22-15-11-9-14(10-12-15)13-24-19-8-4-2-6-17(19)20-21(24)16-5-1-3-7-18(16)23-20/h1-12,23H,13H2. The number of para-hydroxylation sites is 2. The van der Waals surface area contributed by atoms with E-state index in [1.54, 1.807) is 0 Å². The summed E-state index contributed by atoms with van der Waals surface area (Å²) in [6.07, 6.45) is 0. The van der Waals surface area contributed by atoms with Crippen molar-refractivity contribution in [2.75, 3.05) is 0 Å². The lowest BCUT2D eigenvalue weighted by Gasteiger charge is -2.08. The Balaban J connectivity index is 1.85. The minimum Gasteiger partial charge on any atom is -0.353 e. The Bertz CT molecular complexity index is 1170. The van der Waals surface area contributed by atoms with Crippen molar-refractivity contribution < 1.29 is 4.39 Å². The number of aromatic amines is 1. The highest BCUT2D eigenvalue weighted by Crippen LogP contribution is 2.34. The molecule has 0 fully saturated rings. The Kier molecular flexibility index (Phi) is 2.77. The second kappa shape index (κ2) is 4.96. The lowest BCUT2D eigenvalue weighted by atomic mass is 10.2. The Morgan fingerprint density at radius 1 is 0.792 bits per heavy atom. The second-order valence-corrected chi connectivity index (χ2v) is 6.12. The second-order valence-electron chi connectivity index (χ2n) is 6.12. The Morgan fingerprint density at radius 3 is 2.33 bits per heavy atom. The van der Waals surface area contributed by atoms with Gasteiger partial charge in [0, 0.05) is 22.8 Å². The Hall–Kier alpha value is -3.07. The average molecular weight is 314 g/mol. The zero-order valence-corrected chi connectivity index (χ0v) is 13.0. The summed E-state index contributed by atoms with van der Waals surface area (Å²) in [5.74, 6) is -0.201. The van der Waals surface area contributed by atoms with Gasteiger partial charge in [-0.2, -0.15) is 0 Å². The number of hydrogen-bond donors (Lipinski definition) is 1. The fraction of sp³-hybridized carbons (Fsp3) is 0.0476. The third-order valence-corrected chi connectivity index (χ3v) is 4.67. The van der Waals surface area contributed by atoms with Gasteiger partial charge in [-0.15, -0.1) is 0 Å². The monoisotopic (exact) mass is 314 g/mol. The van der Waals surface area contributed by atoms with E-state index < -0.39 is 0 Å². The van der Waals surface area contributed by atoms with Crippen molar-refractivity contribution in [1.82, 2.24) is 9.55 Å². The summed E-state index contributed by atoms with van der Waals surface area (Å²) in [5.41, 5.74) is 5.78. The fourth-order valence-electron chi connectivity index (χ4n) is 3.58. The van der Waals surface area contributed by atoms with E-state index in [-0.39, 0.29) is 5.82 Å². The number of hydrogen-bond acceptors (Lipinski definition) is 0. The molecular weight excluding hydrogens is 299 g/mol. The van der Waals surface area contributed by atoms with E-state index in [0.717, 1.165) is 16.6 Å². The van der Waals surface area contributed by atoms with E-state index in [9.17, 15) is 4.39 Å². The van der Waals surface area contributed by atoms with E-state index in [1.807, 2.05) is 18.2 Å². The molecule has 2 nitrogen and oxygen atoms in total. The molecule has 2 heterocycles. The van der Waals surface area contributed by atoms with Crippen molar-refractivity contribution in [2.24, 2.45) is 0 Å². The van der Waals surface area contributed by atoms with Gasteiger partial charge in [-0.25, -0.2) is 4.39 Å². The number of H-pyrrole nitrogens is 1. The zero-order valence-electron chi connectivity index (χ0n) is 13.0. The molecule has 0 spiro atoms. The molecule has 0 bridgehead atoms. The van der Waals surface area contributed by atoms with Crippen LogP contribution in [-0.4, -0.2) is 9.55 Å². The first-order valence-electron chi connectivity index (χ1n) is 8.03. The van der Waals surface area contributed by atoms with Gasteiger partial charge >= 0.3 is 0 Å². The molecule has 0 saturated carbocycles. The molecule has 3 heteroatoms. The van der Waals surface area contributed by atoms with Gasteiger partial charge < -0.3 is 9.55 Å². The number of nitrogens with one attached hydrogen (secondary N) is 1. The predicted molar refractivity (Wildman–Crippen MR) is 96.8 cm³/mol. The van der Waals surface area contributed by atoms with Crippen LogP contribution in [0.25, 0.3) is 32.8 Å². The van der Waals surface area contributed by atoms with Crippen LogP contribution in [0.1, 0.15) is 5.56 Å². The first-order chi connectivity index (χ1) is 11.8. The molecule has 0 saturated heterocycles. The van der Waals surface area contributed by atoms with Crippen LogP contribution in [-0.2, 0) is 6.54 Å². The zero-order chi connectivity index (χ0) is 16.1. The molecule has 1 N–H and O–H groups in total. The number of nitrogens with zero attached hydrogens (tertiary/aromatic N) is 1. The topological polar surface area (TPSA) is 20.7 Å². The number of benzene rings is 3. The Morgan fingerprint density at radius 2 is 1.50 bits per heavy atom. The summed E-state index contributed by atoms with van der Waals surface area (Å²) >= 11 is 0. The van der Waals surface area contributed by atoms with E-state index in [2.05, 4.69) is 52.0 Å². The maximum atomic E-state index is 13.2. The van der Waals surface area contributed by atoms with Gasteiger partial charge in [-0.1, -0.05) is 48.5 Å². The molecular formula is C21H15FN2. The van der Waals surface area contributed by atoms with Crippen LogP contribution in [0.3, 0.4) is 0 Å². The lowest BCUT2D eigenvalue weighted by Crippen LogP contribution is -1.99. The maximum Gasteiger partial charge on any atom is 0.123 e. The summed E-state index contributed by atoms with van der Waals surface area (Å²) in [7, 11) is 0. The fourth-order valence-corrected chi connectivity index (χ4v) is 3.58. The molecule has 0 aliphatic heterocycles. The third-order valence-electron chi connectivity index (χ3n) is 4.67. The van der Waals surface area contributed by atoms with Crippen LogP contribution in [0.15, 0.2) is 72.8 Å². The summed E-state index contributed by atoms with van der Waals surface area (Å²) in [5, 5.41) is 2.43. The summed E-state index contributed by atoms with van der Waals surface area (Å²) in [4.78, 5) is 3.56. The van der Waals surface area contributed by atoms with Crippen LogP contribution in [0.2, 0.25) is 0 Å².